The van der Waals surface area contributed by atoms with Gasteiger partial charge in [0.1, 0.15) is 18.4 Å². The molecule has 0 amide bonds. The second-order valence-electron chi connectivity index (χ2n) is 10.8. The molecule has 0 spiro atoms. The average molecular weight is 491 g/mol. The first kappa shape index (κ1) is 23.2. The SMILES string of the molecule is Cc1ccc(-c2nc3n(n2)C(c2cccc(OCc4ccccc4)c2)C2=C(CC(C)(C)CC2=O)N3)cc1. The predicted molar refractivity (Wildman–Crippen MR) is 144 cm³/mol. The summed E-state index contributed by atoms with van der Waals surface area (Å²) < 4.78 is 7.99. The number of ether oxygens (including phenoxy) is 1. The number of Topliss-reactive ketones (excluding diaryl/α,β-unsaturated/α-hetero) is 1. The topological polar surface area (TPSA) is 69.0 Å². The van der Waals surface area contributed by atoms with E-state index in [1.165, 1.54) is 5.56 Å². The summed E-state index contributed by atoms with van der Waals surface area (Å²) in [4.78, 5) is 18.4. The lowest BCUT2D eigenvalue weighted by molar-refractivity contribution is -0.118. The monoisotopic (exact) mass is 490 g/mol. The third kappa shape index (κ3) is 4.55. The maximum Gasteiger partial charge on any atom is 0.226 e. The van der Waals surface area contributed by atoms with Crippen molar-refractivity contribution in [2.75, 3.05) is 5.32 Å². The van der Waals surface area contributed by atoms with Crippen LogP contribution in [0.2, 0.25) is 0 Å². The van der Waals surface area contributed by atoms with Gasteiger partial charge in [0, 0.05) is 23.3 Å². The number of benzene rings is 3. The van der Waals surface area contributed by atoms with E-state index in [-0.39, 0.29) is 17.2 Å². The molecule has 6 nitrogen and oxygen atoms in total. The van der Waals surface area contributed by atoms with Gasteiger partial charge in [-0.05, 0) is 42.0 Å². The fourth-order valence-corrected chi connectivity index (χ4v) is 5.26. The first-order valence-corrected chi connectivity index (χ1v) is 12.7. The summed E-state index contributed by atoms with van der Waals surface area (Å²) >= 11 is 0. The van der Waals surface area contributed by atoms with Crippen molar-refractivity contribution in [3.05, 3.63) is 107 Å². The van der Waals surface area contributed by atoms with Gasteiger partial charge < -0.3 is 10.1 Å². The number of hydrogen-bond donors (Lipinski definition) is 1. The van der Waals surface area contributed by atoms with E-state index in [2.05, 4.69) is 38.2 Å². The number of hydrogen-bond acceptors (Lipinski definition) is 5. The van der Waals surface area contributed by atoms with Gasteiger partial charge in [-0.3, -0.25) is 4.79 Å². The normalized spacial score (nSPS) is 18.1. The third-order valence-electron chi connectivity index (χ3n) is 7.06. The number of aryl methyl sites for hydroxylation is 1. The Morgan fingerprint density at radius 1 is 1.00 bits per heavy atom. The zero-order valence-corrected chi connectivity index (χ0v) is 21.4. The number of fused-ring (bicyclic) bond motifs is 1. The Balaban J connectivity index is 1.41. The Bertz CT molecular complexity index is 1500. The van der Waals surface area contributed by atoms with Gasteiger partial charge in [0.15, 0.2) is 11.6 Å². The Morgan fingerprint density at radius 3 is 2.57 bits per heavy atom. The van der Waals surface area contributed by atoms with Crippen molar-refractivity contribution in [3.8, 4) is 17.1 Å². The second kappa shape index (κ2) is 9.04. The first-order valence-electron chi connectivity index (χ1n) is 12.7. The zero-order valence-electron chi connectivity index (χ0n) is 21.4. The molecule has 0 saturated carbocycles. The molecule has 1 N–H and O–H groups in total. The van der Waals surface area contributed by atoms with E-state index in [1.54, 1.807) is 0 Å². The first-order chi connectivity index (χ1) is 17.9. The van der Waals surface area contributed by atoms with E-state index in [9.17, 15) is 4.79 Å². The van der Waals surface area contributed by atoms with Crippen molar-refractivity contribution in [1.29, 1.82) is 0 Å². The number of ketones is 1. The summed E-state index contributed by atoms with van der Waals surface area (Å²) in [5, 5.41) is 8.37. The standard InChI is InChI=1S/C31H30N4O2/c1-20-12-14-22(15-13-20)29-33-30-32-25-17-31(2,3)18-26(36)27(25)28(35(30)34-29)23-10-7-11-24(16-23)37-19-21-8-5-4-6-9-21/h4-16,28H,17-19H2,1-3H3,(H,32,33,34). The number of allylic oxidation sites excluding steroid dienone is 2. The van der Waals surface area contributed by atoms with Crippen molar-refractivity contribution in [3.63, 3.8) is 0 Å². The molecule has 6 heteroatoms. The van der Waals surface area contributed by atoms with Gasteiger partial charge in [0.25, 0.3) is 0 Å². The molecule has 0 bridgehead atoms. The maximum atomic E-state index is 13.6. The van der Waals surface area contributed by atoms with Gasteiger partial charge in [-0.1, -0.05) is 86.1 Å². The van der Waals surface area contributed by atoms with Crippen LogP contribution >= 0.6 is 0 Å². The van der Waals surface area contributed by atoms with Crippen LogP contribution in [0.4, 0.5) is 5.95 Å². The quantitative estimate of drug-likeness (QED) is 0.346. The molecular weight excluding hydrogens is 460 g/mol. The number of aromatic nitrogens is 3. The molecule has 0 saturated heterocycles. The highest BCUT2D eigenvalue weighted by Gasteiger charge is 2.42. The van der Waals surface area contributed by atoms with Gasteiger partial charge >= 0.3 is 0 Å². The van der Waals surface area contributed by atoms with Crippen LogP contribution in [0, 0.1) is 12.3 Å². The van der Waals surface area contributed by atoms with Crippen LogP contribution < -0.4 is 10.1 Å². The molecule has 1 unspecified atom stereocenters. The van der Waals surface area contributed by atoms with Crippen LogP contribution in [-0.2, 0) is 11.4 Å². The molecule has 1 atom stereocenters. The van der Waals surface area contributed by atoms with Gasteiger partial charge in [-0.25, -0.2) is 4.68 Å². The predicted octanol–water partition coefficient (Wildman–Crippen LogP) is 6.49. The van der Waals surface area contributed by atoms with Gasteiger partial charge in [-0.15, -0.1) is 5.10 Å². The van der Waals surface area contributed by atoms with Crippen LogP contribution in [0.25, 0.3) is 11.4 Å². The molecule has 0 fully saturated rings. The van der Waals surface area contributed by atoms with E-state index >= 15 is 0 Å². The van der Waals surface area contributed by atoms with Crippen molar-refractivity contribution >= 4 is 11.7 Å². The molecule has 2 heterocycles. The van der Waals surface area contributed by atoms with E-state index in [0.717, 1.165) is 40.1 Å². The molecule has 6 rings (SSSR count). The van der Waals surface area contributed by atoms with Crippen LogP contribution in [0.3, 0.4) is 0 Å². The molecule has 3 aromatic carbocycles. The minimum atomic E-state index is -0.373. The summed E-state index contributed by atoms with van der Waals surface area (Å²) in [5.74, 6) is 2.19. The Morgan fingerprint density at radius 2 is 1.78 bits per heavy atom. The molecule has 37 heavy (non-hydrogen) atoms. The van der Waals surface area contributed by atoms with Crippen LogP contribution in [0.15, 0.2) is 90.1 Å². The highest BCUT2D eigenvalue weighted by molar-refractivity contribution is 6.00. The van der Waals surface area contributed by atoms with Gasteiger partial charge in [0.2, 0.25) is 5.95 Å². The van der Waals surface area contributed by atoms with Crippen molar-refractivity contribution in [1.82, 2.24) is 14.8 Å². The Kier molecular flexibility index (Phi) is 5.67. The third-order valence-corrected chi connectivity index (χ3v) is 7.06. The lowest BCUT2D eigenvalue weighted by Gasteiger charge is -2.38. The maximum absolute atomic E-state index is 13.6. The molecule has 186 valence electrons. The average Bonchev–Trinajstić information content (AvgIpc) is 3.30. The number of rotatable bonds is 5. The molecule has 1 aliphatic heterocycles. The van der Waals surface area contributed by atoms with Gasteiger partial charge in [0.05, 0.1) is 0 Å². The van der Waals surface area contributed by atoms with Gasteiger partial charge in [-0.2, -0.15) is 4.98 Å². The van der Waals surface area contributed by atoms with E-state index < -0.39 is 0 Å². The molecule has 0 radical (unpaired) electrons. The van der Waals surface area contributed by atoms with Crippen molar-refractivity contribution < 1.29 is 9.53 Å². The van der Waals surface area contributed by atoms with E-state index in [0.29, 0.717) is 24.8 Å². The minimum absolute atomic E-state index is 0.115. The summed E-state index contributed by atoms with van der Waals surface area (Å²) in [6, 6.07) is 25.9. The molecule has 4 aromatic rings. The largest absolute Gasteiger partial charge is 0.489 e. The lowest BCUT2D eigenvalue weighted by Crippen LogP contribution is -2.36. The van der Waals surface area contributed by atoms with E-state index in [1.807, 2.05) is 71.4 Å². The smallest absolute Gasteiger partial charge is 0.226 e. The minimum Gasteiger partial charge on any atom is -0.489 e. The molecule has 1 aliphatic carbocycles. The fourth-order valence-electron chi connectivity index (χ4n) is 5.26. The lowest BCUT2D eigenvalue weighted by atomic mass is 9.73. The molecular formula is C31H30N4O2. The zero-order chi connectivity index (χ0) is 25.6. The van der Waals surface area contributed by atoms with Crippen LogP contribution in [-0.4, -0.2) is 20.5 Å². The van der Waals surface area contributed by atoms with Crippen molar-refractivity contribution in [2.45, 2.75) is 46.3 Å². The van der Waals surface area contributed by atoms with E-state index in [4.69, 9.17) is 14.8 Å². The number of carbonyl (C=O) groups is 1. The number of nitrogens with one attached hydrogen (secondary N) is 1. The molecule has 2 aliphatic rings. The van der Waals surface area contributed by atoms with Crippen LogP contribution in [0.1, 0.15) is 49.4 Å². The molecule has 1 aromatic heterocycles. The Hall–Kier alpha value is -4.19. The van der Waals surface area contributed by atoms with Crippen LogP contribution in [0.5, 0.6) is 5.75 Å². The summed E-state index contributed by atoms with van der Waals surface area (Å²) in [6.07, 6.45) is 1.28. The fraction of sp³-hybridized carbons (Fsp3) is 0.258. The second-order valence-corrected chi connectivity index (χ2v) is 10.8. The summed E-state index contributed by atoms with van der Waals surface area (Å²) in [5.41, 5.74) is 5.78. The van der Waals surface area contributed by atoms with Crippen molar-refractivity contribution in [2.24, 2.45) is 5.41 Å². The highest BCUT2D eigenvalue weighted by atomic mass is 16.5. The number of anilines is 1. The number of carbonyl (C=O) groups excluding carboxylic acids is 1. The summed E-state index contributed by atoms with van der Waals surface area (Å²) in [6.45, 7) is 6.82. The summed E-state index contributed by atoms with van der Waals surface area (Å²) in [7, 11) is 0. The highest BCUT2D eigenvalue weighted by Crippen LogP contribution is 2.46. The Labute approximate surface area is 217 Å². The number of nitrogens with zero attached hydrogens (tertiary/aromatic N) is 3.